The molecule has 0 fully saturated rings. The number of hydrogen-bond acceptors (Lipinski definition) is 8. The first-order chi connectivity index (χ1) is 16.4. The van der Waals surface area contributed by atoms with E-state index in [-0.39, 0.29) is 5.56 Å². The molecule has 0 bridgehead atoms. The third-order valence-electron chi connectivity index (χ3n) is 5.49. The van der Waals surface area contributed by atoms with E-state index in [1.807, 2.05) is 30.5 Å². The molecular weight excluding hydrogens is 472 g/mol. The lowest BCUT2D eigenvalue weighted by molar-refractivity contribution is -0.136. The van der Waals surface area contributed by atoms with Crippen molar-refractivity contribution in [2.24, 2.45) is 4.99 Å². The fraction of sp³-hybridized carbons (Fsp3) is 0.200. The first-order valence-corrected chi connectivity index (χ1v) is 12.3. The maximum absolute atomic E-state index is 13.5. The minimum absolute atomic E-state index is 0.256. The molecule has 1 atom stereocenters. The van der Waals surface area contributed by atoms with Gasteiger partial charge in [-0.25, -0.2) is 14.6 Å². The van der Waals surface area contributed by atoms with E-state index in [2.05, 4.69) is 4.99 Å². The molecule has 9 heteroatoms. The number of thioether (sulfide) groups is 1. The Bertz CT molecular complexity index is 1470. The Balaban J connectivity index is 1.87. The largest absolute Gasteiger partial charge is 0.466 e. The van der Waals surface area contributed by atoms with Crippen LogP contribution in [0.3, 0.4) is 0 Å². The fourth-order valence-corrected chi connectivity index (χ4v) is 5.23. The number of rotatable bonds is 5. The summed E-state index contributed by atoms with van der Waals surface area (Å²) in [6.45, 7) is 1.75. The van der Waals surface area contributed by atoms with Gasteiger partial charge in [-0.15, -0.1) is 11.8 Å². The lowest BCUT2D eigenvalue weighted by Crippen LogP contribution is -2.39. The molecule has 0 saturated heterocycles. The van der Waals surface area contributed by atoms with Crippen LogP contribution < -0.4 is 14.9 Å². The van der Waals surface area contributed by atoms with Crippen LogP contribution in [0.25, 0.3) is 6.08 Å². The second-order valence-electron chi connectivity index (χ2n) is 7.46. The van der Waals surface area contributed by atoms with Crippen molar-refractivity contribution >= 4 is 41.1 Å². The summed E-state index contributed by atoms with van der Waals surface area (Å²) in [6.07, 6.45) is 3.73. The minimum atomic E-state index is -0.650. The van der Waals surface area contributed by atoms with Crippen molar-refractivity contribution in [3.05, 3.63) is 96.2 Å². The lowest BCUT2D eigenvalue weighted by Gasteiger charge is -2.24. The lowest BCUT2D eigenvalue weighted by atomic mass is 9.96. The number of methoxy groups -OCH3 is 2. The number of allylic oxidation sites excluding steroid dienone is 1. The summed E-state index contributed by atoms with van der Waals surface area (Å²) in [5.74, 6) is -0.947. The molecule has 0 spiro atoms. The normalized spacial score (nSPS) is 15.5. The van der Waals surface area contributed by atoms with E-state index in [9.17, 15) is 14.4 Å². The highest BCUT2D eigenvalue weighted by atomic mass is 32.2. The molecule has 2 aromatic carbocycles. The third kappa shape index (κ3) is 4.36. The van der Waals surface area contributed by atoms with Crippen LogP contribution in [0.5, 0.6) is 0 Å². The zero-order chi connectivity index (χ0) is 24.4. The van der Waals surface area contributed by atoms with Gasteiger partial charge in [-0.05, 0) is 54.6 Å². The number of hydrogen-bond donors (Lipinski definition) is 0. The van der Waals surface area contributed by atoms with E-state index < -0.39 is 18.0 Å². The zero-order valence-corrected chi connectivity index (χ0v) is 20.7. The number of ether oxygens (including phenoxy) is 2. The van der Waals surface area contributed by atoms with Crippen LogP contribution in [0.15, 0.2) is 74.5 Å². The van der Waals surface area contributed by atoms with Crippen LogP contribution in [0.4, 0.5) is 0 Å². The summed E-state index contributed by atoms with van der Waals surface area (Å²) >= 11 is 2.86. The number of aromatic nitrogens is 1. The van der Waals surface area contributed by atoms with Gasteiger partial charge in [-0.2, -0.15) is 0 Å². The van der Waals surface area contributed by atoms with Crippen molar-refractivity contribution in [2.75, 3.05) is 20.5 Å². The van der Waals surface area contributed by atoms with Gasteiger partial charge in [0.05, 0.1) is 41.6 Å². The predicted octanol–water partition coefficient (Wildman–Crippen LogP) is 2.92. The van der Waals surface area contributed by atoms with Gasteiger partial charge in [0.15, 0.2) is 4.80 Å². The number of carbonyl (C=O) groups is 2. The molecule has 0 aliphatic carbocycles. The highest BCUT2D eigenvalue weighted by molar-refractivity contribution is 7.98. The number of thiazole rings is 1. The summed E-state index contributed by atoms with van der Waals surface area (Å²) in [7, 11) is 2.65. The molecule has 0 radical (unpaired) electrons. The van der Waals surface area contributed by atoms with Gasteiger partial charge < -0.3 is 9.47 Å². The number of esters is 2. The van der Waals surface area contributed by atoms with Crippen LogP contribution in [-0.2, 0) is 14.3 Å². The van der Waals surface area contributed by atoms with Crippen LogP contribution >= 0.6 is 23.1 Å². The van der Waals surface area contributed by atoms with E-state index >= 15 is 0 Å². The predicted molar refractivity (Wildman–Crippen MR) is 132 cm³/mol. The van der Waals surface area contributed by atoms with Crippen molar-refractivity contribution < 1.29 is 19.1 Å². The maximum Gasteiger partial charge on any atom is 0.338 e. The first-order valence-electron chi connectivity index (χ1n) is 10.3. The van der Waals surface area contributed by atoms with Gasteiger partial charge in [0.25, 0.3) is 5.56 Å². The fourth-order valence-electron chi connectivity index (χ4n) is 3.78. The van der Waals surface area contributed by atoms with Gasteiger partial charge in [0.1, 0.15) is 0 Å². The molecule has 2 heterocycles. The van der Waals surface area contributed by atoms with Crippen molar-refractivity contribution in [3.63, 3.8) is 0 Å². The van der Waals surface area contributed by atoms with Crippen molar-refractivity contribution in [1.29, 1.82) is 0 Å². The topological polar surface area (TPSA) is 87.0 Å². The molecule has 4 rings (SSSR count). The highest BCUT2D eigenvalue weighted by Gasteiger charge is 2.33. The molecule has 34 heavy (non-hydrogen) atoms. The Morgan fingerprint density at radius 1 is 1.03 bits per heavy atom. The summed E-state index contributed by atoms with van der Waals surface area (Å²) in [5.41, 5.74) is 2.56. The molecule has 0 saturated carbocycles. The van der Waals surface area contributed by atoms with Gasteiger partial charge >= 0.3 is 11.9 Å². The van der Waals surface area contributed by atoms with Crippen LogP contribution in [0.1, 0.15) is 34.5 Å². The first kappa shape index (κ1) is 23.7. The molecule has 3 aromatic rings. The monoisotopic (exact) mass is 494 g/mol. The minimum Gasteiger partial charge on any atom is -0.466 e. The second-order valence-corrected chi connectivity index (χ2v) is 9.35. The average Bonchev–Trinajstić information content (AvgIpc) is 3.16. The molecule has 0 amide bonds. The van der Waals surface area contributed by atoms with Gasteiger partial charge in [-0.1, -0.05) is 35.6 Å². The molecule has 0 N–H and O–H groups in total. The standard InChI is InChI=1S/C25H22N2O5S2/c1-14-20(24(30)32-3)21(16-9-11-18(33-4)12-10-16)27-22(28)19(34-25(27)26-14)13-15-5-7-17(8-6-15)23(29)31-2/h5-13,21H,1-4H3/b19-13+. The molecule has 1 aromatic heterocycles. The number of nitrogens with zero attached hydrogens (tertiary/aromatic N) is 2. The third-order valence-corrected chi connectivity index (χ3v) is 7.21. The van der Waals surface area contributed by atoms with E-state index in [1.165, 1.54) is 25.6 Å². The van der Waals surface area contributed by atoms with Gasteiger partial charge in [0.2, 0.25) is 0 Å². The maximum atomic E-state index is 13.5. The molecule has 1 aliphatic heterocycles. The Labute approximate surface area is 204 Å². The Hall–Kier alpha value is -3.43. The smallest absolute Gasteiger partial charge is 0.338 e. The molecule has 7 nitrogen and oxygen atoms in total. The Kier molecular flexibility index (Phi) is 6.85. The van der Waals surface area contributed by atoms with Crippen LogP contribution in [0.2, 0.25) is 0 Å². The summed E-state index contributed by atoms with van der Waals surface area (Å²) in [5, 5.41) is 0. The summed E-state index contributed by atoms with van der Waals surface area (Å²) < 4.78 is 11.8. The van der Waals surface area contributed by atoms with Crippen molar-refractivity contribution in [1.82, 2.24) is 4.57 Å². The van der Waals surface area contributed by atoms with E-state index in [0.29, 0.717) is 26.2 Å². The Morgan fingerprint density at radius 3 is 2.26 bits per heavy atom. The van der Waals surface area contributed by atoms with Crippen molar-refractivity contribution in [2.45, 2.75) is 17.9 Å². The Morgan fingerprint density at radius 2 is 1.68 bits per heavy atom. The zero-order valence-electron chi connectivity index (χ0n) is 19.0. The molecule has 1 unspecified atom stereocenters. The molecule has 1 aliphatic rings. The number of benzene rings is 2. The average molecular weight is 495 g/mol. The van der Waals surface area contributed by atoms with Gasteiger partial charge in [-0.3, -0.25) is 9.36 Å². The molecule has 174 valence electrons. The second kappa shape index (κ2) is 9.82. The highest BCUT2D eigenvalue weighted by Crippen LogP contribution is 2.31. The quantitative estimate of drug-likeness (QED) is 0.401. The van der Waals surface area contributed by atoms with E-state index in [4.69, 9.17) is 9.47 Å². The SMILES string of the molecule is COC(=O)C1=C(C)N=c2s/c(=C/c3ccc(C(=O)OC)cc3)c(=O)n2C1c1ccc(SC)cc1. The number of carbonyl (C=O) groups excluding carboxylic acids is 2. The summed E-state index contributed by atoms with van der Waals surface area (Å²) in [4.78, 5) is 44.1. The van der Waals surface area contributed by atoms with Crippen LogP contribution in [-0.4, -0.2) is 37.0 Å². The van der Waals surface area contributed by atoms with E-state index in [0.717, 1.165) is 16.0 Å². The van der Waals surface area contributed by atoms with Gasteiger partial charge in [0, 0.05) is 4.90 Å². The number of fused-ring (bicyclic) bond motifs is 1. The molecular formula is C25H22N2O5S2. The van der Waals surface area contributed by atoms with Crippen molar-refractivity contribution in [3.8, 4) is 0 Å². The van der Waals surface area contributed by atoms with Crippen LogP contribution in [0, 0.1) is 0 Å². The van der Waals surface area contributed by atoms with E-state index in [1.54, 1.807) is 53.6 Å². The summed E-state index contributed by atoms with van der Waals surface area (Å²) in [6, 6.07) is 13.9.